The van der Waals surface area contributed by atoms with Gasteiger partial charge in [-0.05, 0) is 32.0 Å². The van der Waals surface area contributed by atoms with Crippen LogP contribution in [-0.4, -0.2) is 54.8 Å². The van der Waals surface area contributed by atoms with Crippen molar-refractivity contribution in [2.75, 3.05) is 38.5 Å². The van der Waals surface area contributed by atoms with Crippen LogP contribution in [0.25, 0.3) is 0 Å². The van der Waals surface area contributed by atoms with Gasteiger partial charge in [0.15, 0.2) is 0 Å². The van der Waals surface area contributed by atoms with Crippen molar-refractivity contribution in [1.29, 1.82) is 0 Å². The Balaban J connectivity index is 1.98. The normalized spacial score (nSPS) is 16.4. The van der Waals surface area contributed by atoms with E-state index in [1.165, 1.54) is 0 Å². The number of nitrogens with zero attached hydrogens (tertiary/aromatic N) is 2. The molecule has 20 heavy (non-hydrogen) atoms. The highest BCUT2D eigenvalue weighted by atomic mass is 16.2. The molecule has 1 heterocycles. The van der Waals surface area contributed by atoms with Gasteiger partial charge in [-0.15, -0.1) is 0 Å². The first kappa shape index (κ1) is 14.5. The van der Waals surface area contributed by atoms with E-state index in [-0.39, 0.29) is 18.4 Å². The lowest BCUT2D eigenvalue weighted by Gasteiger charge is -2.31. The molecular weight excluding hydrogens is 254 g/mol. The SMILES string of the molecule is Cc1cccc(C)c1NC(=O)CN1CCN(C)CC1=O. The highest BCUT2D eigenvalue weighted by Gasteiger charge is 2.23. The molecule has 0 atom stereocenters. The second kappa shape index (κ2) is 6.05. The summed E-state index contributed by atoms with van der Waals surface area (Å²) in [4.78, 5) is 27.5. The molecule has 0 spiro atoms. The van der Waals surface area contributed by atoms with Gasteiger partial charge in [0.2, 0.25) is 11.8 Å². The molecule has 1 aromatic carbocycles. The summed E-state index contributed by atoms with van der Waals surface area (Å²) < 4.78 is 0. The third-order valence-electron chi connectivity index (χ3n) is 3.59. The van der Waals surface area contributed by atoms with Crippen LogP contribution in [0.4, 0.5) is 5.69 Å². The summed E-state index contributed by atoms with van der Waals surface area (Å²) in [5.41, 5.74) is 2.91. The van der Waals surface area contributed by atoms with E-state index in [4.69, 9.17) is 0 Å². The van der Waals surface area contributed by atoms with E-state index in [9.17, 15) is 9.59 Å². The molecular formula is C15H21N3O2. The maximum Gasteiger partial charge on any atom is 0.244 e. The fraction of sp³-hybridized carbons (Fsp3) is 0.467. The number of amides is 2. The summed E-state index contributed by atoms with van der Waals surface area (Å²) in [6.07, 6.45) is 0. The van der Waals surface area contributed by atoms with E-state index in [1.807, 2.05) is 44.0 Å². The van der Waals surface area contributed by atoms with Crippen LogP contribution in [0.1, 0.15) is 11.1 Å². The Morgan fingerprint density at radius 1 is 1.25 bits per heavy atom. The van der Waals surface area contributed by atoms with Crippen LogP contribution in [0, 0.1) is 13.8 Å². The Hall–Kier alpha value is -1.88. The number of hydrogen-bond acceptors (Lipinski definition) is 3. The van der Waals surface area contributed by atoms with Gasteiger partial charge in [0.1, 0.15) is 0 Å². The molecule has 0 aromatic heterocycles. The van der Waals surface area contributed by atoms with Crippen molar-refractivity contribution in [2.45, 2.75) is 13.8 Å². The minimum absolute atomic E-state index is 0.00963. The van der Waals surface area contributed by atoms with Gasteiger partial charge in [-0.25, -0.2) is 0 Å². The average Bonchev–Trinajstić information content (AvgIpc) is 2.37. The zero-order chi connectivity index (χ0) is 14.7. The number of para-hydroxylation sites is 1. The Bertz CT molecular complexity index is 508. The fourth-order valence-electron chi connectivity index (χ4n) is 2.36. The smallest absolute Gasteiger partial charge is 0.244 e. The van der Waals surface area contributed by atoms with Gasteiger partial charge in [-0.2, -0.15) is 0 Å². The van der Waals surface area contributed by atoms with Crippen LogP contribution in [0.2, 0.25) is 0 Å². The molecule has 1 aromatic rings. The maximum atomic E-state index is 12.1. The molecule has 2 rings (SSSR count). The molecule has 108 valence electrons. The van der Waals surface area contributed by atoms with E-state index in [0.29, 0.717) is 13.1 Å². The molecule has 0 saturated carbocycles. The molecule has 1 aliphatic heterocycles. The number of carbonyl (C=O) groups is 2. The van der Waals surface area contributed by atoms with Crippen molar-refractivity contribution in [2.24, 2.45) is 0 Å². The van der Waals surface area contributed by atoms with Gasteiger partial charge in [-0.3, -0.25) is 14.5 Å². The lowest BCUT2D eigenvalue weighted by Crippen LogP contribution is -2.51. The first-order valence-corrected chi connectivity index (χ1v) is 6.80. The number of aryl methyl sites for hydroxylation is 2. The van der Waals surface area contributed by atoms with E-state index < -0.39 is 0 Å². The Morgan fingerprint density at radius 2 is 1.90 bits per heavy atom. The molecule has 1 N–H and O–H groups in total. The number of carbonyl (C=O) groups excluding carboxylic acids is 2. The third-order valence-corrected chi connectivity index (χ3v) is 3.59. The van der Waals surface area contributed by atoms with Crippen molar-refractivity contribution in [1.82, 2.24) is 9.80 Å². The molecule has 0 aliphatic carbocycles. The second-order valence-corrected chi connectivity index (χ2v) is 5.37. The standard InChI is InChI=1S/C15H21N3O2/c1-11-5-4-6-12(2)15(11)16-13(19)9-18-8-7-17(3)10-14(18)20/h4-6H,7-10H2,1-3H3,(H,16,19). The molecule has 1 fully saturated rings. The van der Waals surface area contributed by atoms with Crippen molar-refractivity contribution in [3.63, 3.8) is 0 Å². The van der Waals surface area contributed by atoms with Gasteiger partial charge in [-0.1, -0.05) is 18.2 Å². The molecule has 1 aliphatic rings. The monoisotopic (exact) mass is 275 g/mol. The van der Waals surface area contributed by atoms with Crippen LogP contribution in [0.5, 0.6) is 0 Å². The number of nitrogens with one attached hydrogen (secondary N) is 1. The second-order valence-electron chi connectivity index (χ2n) is 5.37. The van der Waals surface area contributed by atoms with Gasteiger partial charge in [0.25, 0.3) is 0 Å². The summed E-state index contributed by atoms with van der Waals surface area (Å²) in [6, 6.07) is 5.89. The first-order chi connectivity index (χ1) is 9.47. The van der Waals surface area contributed by atoms with E-state index in [0.717, 1.165) is 23.4 Å². The van der Waals surface area contributed by atoms with Crippen molar-refractivity contribution < 1.29 is 9.59 Å². The van der Waals surface area contributed by atoms with Crippen LogP contribution in [0.15, 0.2) is 18.2 Å². The molecule has 0 unspecified atom stereocenters. The molecule has 1 saturated heterocycles. The number of likely N-dealkylation sites (N-methyl/N-ethyl adjacent to an activating group) is 1. The van der Waals surface area contributed by atoms with E-state index >= 15 is 0 Å². The third kappa shape index (κ3) is 3.36. The molecule has 5 heteroatoms. The number of anilines is 1. The number of benzene rings is 1. The van der Waals surface area contributed by atoms with Gasteiger partial charge in [0, 0.05) is 18.8 Å². The maximum absolute atomic E-state index is 12.1. The summed E-state index contributed by atoms with van der Waals surface area (Å²) >= 11 is 0. The fourth-order valence-corrected chi connectivity index (χ4v) is 2.36. The molecule has 5 nitrogen and oxygen atoms in total. The average molecular weight is 275 g/mol. The number of piperazine rings is 1. The topological polar surface area (TPSA) is 52.7 Å². The summed E-state index contributed by atoms with van der Waals surface area (Å²) in [6.45, 7) is 5.85. The highest BCUT2D eigenvalue weighted by Crippen LogP contribution is 2.19. The van der Waals surface area contributed by atoms with Crippen LogP contribution in [-0.2, 0) is 9.59 Å². The predicted octanol–water partition coefficient (Wildman–Crippen LogP) is 1.02. The van der Waals surface area contributed by atoms with Crippen LogP contribution < -0.4 is 5.32 Å². The molecule has 0 radical (unpaired) electrons. The zero-order valence-electron chi connectivity index (χ0n) is 12.3. The van der Waals surface area contributed by atoms with Gasteiger partial charge >= 0.3 is 0 Å². The first-order valence-electron chi connectivity index (χ1n) is 6.80. The molecule has 0 bridgehead atoms. The number of hydrogen-bond donors (Lipinski definition) is 1. The highest BCUT2D eigenvalue weighted by molar-refractivity contribution is 5.96. The van der Waals surface area contributed by atoms with Gasteiger partial charge in [0.05, 0.1) is 13.1 Å². The quantitative estimate of drug-likeness (QED) is 0.896. The van der Waals surface area contributed by atoms with E-state index in [1.54, 1.807) is 4.90 Å². The summed E-state index contributed by atoms with van der Waals surface area (Å²) in [7, 11) is 1.91. The Morgan fingerprint density at radius 3 is 2.50 bits per heavy atom. The minimum atomic E-state index is -0.139. The van der Waals surface area contributed by atoms with Crippen molar-refractivity contribution >= 4 is 17.5 Å². The largest absolute Gasteiger partial charge is 0.331 e. The summed E-state index contributed by atoms with van der Waals surface area (Å²) in [5, 5.41) is 2.91. The predicted molar refractivity (Wildman–Crippen MR) is 78.6 cm³/mol. The van der Waals surface area contributed by atoms with Gasteiger partial charge < -0.3 is 10.2 Å². The van der Waals surface area contributed by atoms with Crippen LogP contribution >= 0.6 is 0 Å². The summed E-state index contributed by atoms with van der Waals surface area (Å²) in [5.74, 6) is -0.129. The van der Waals surface area contributed by atoms with E-state index in [2.05, 4.69) is 5.32 Å². The minimum Gasteiger partial charge on any atom is -0.331 e. The lowest BCUT2D eigenvalue weighted by molar-refractivity contribution is -0.138. The molecule has 2 amide bonds. The van der Waals surface area contributed by atoms with Crippen molar-refractivity contribution in [3.05, 3.63) is 29.3 Å². The Kier molecular flexibility index (Phi) is 4.39. The zero-order valence-corrected chi connectivity index (χ0v) is 12.3. The number of rotatable bonds is 3. The van der Waals surface area contributed by atoms with Crippen molar-refractivity contribution in [3.8, 4) is 0 Å². The Labute approximate surface area is 119 Å². The lowest BCUT2D eigenvalue weighted by atomic mass is 10.1. The van der Waals surface area contributed by atoms with Crippen LogP contribution in [0.3, 0.4) is 0 Å².